The van der Waals surface area contributed by atoms with E-state index in [2.05, 4.69) is 30.9 Å². The molecule has 0 unspecified atom stereocenters. The predicted octanol–water partition coefficient (Wildman–Crippen LogP) is 1.54. The molecule has 0 spiro atoms. The number of benzene rings is 1. The van der Waals surface area contributed by atoms with Crippen LogP contribution in [0.5, 0.6) is 0 Å². The third-order valence-electron chi connectivity index (χ3n) is 3.59. The number of rotatable bonds is 8. The molecule has 7 heteroatoms. The highest BCUT2D eigenvalue weighted by Crippen LogP contribution is 2.25. The van der Waals surface area contributed by atoms with Crippen LogP contribution in [0.3, 0.4) is 0 Å². The maximum Gasteiger partial charge on any atom is 0.241 e. The average Bonchev–Trinajstić information content (AvgIpc) is 3.22. The summed E-state index contributed by atoms with van der Waals surface area (Å²) in [5.41, 5.74) is 1.04. The van der Waals surface area contributed by atoms with Gasteiger partial charge in [0.05, 0.1) is 4.90 Å². The summed E-state index contributed by atoms with van der Waals surface area (Å²) in [6.45, 7) is 1.87. The van der Waals surface area contributed by atoms with E-state index in [1.165, 1.54) is 12.8 Å². The summed E-state index contributed by atoms with van der Waals surface area (Å²) in [4.78, 5) is 2.49. The lowest BCUT2D eigenvalue weighted by Crippen LogP contribution is -2.34. The first-order valence-electron chi connectivity index (χ1n) is 7.07. The Morgan fingerprint density at radius 3 is 2.67 bits per heavy atom. The second-order valence-electron chi connectivity index (χ2n) is 5.40. The van der Waals surface area contributed by atoms with Crippen LogP contribution in [-0.4, -0.2) is 46.5 Å². The van der Waals surface area contributed by atoms with Crippen LogP contribution in [-0.2, 0) is 16.6 Å². The van der Waals surface area contributed by atoms with Crippen LogP contribution in [0.2, 0.25) is 0 Å². The molecular formula is C14H22BrN3O2S. The highest BCUT2D eigenvalue weighted by molar-refractivity contribution is 9.10. The van der Waals surface area contributed by atoms with Crippen molar-refractivity contribution in [3.05, 3.63) is 28.2 Å². The highest BCUT2D eigenvalue weighted by Gasteiger charge is 2.26. The predicted molar refractivity (Wildman–Crippen MR) is 87.7 cm³/mol. The van der Waals surface area contributed by atoms with Crippen molar-refractivity contribution in [1.29, 1.82) is 0 Å². The Morgan fingerprint density at radius 2 is 2.10 bits per heavy atom. The summed E-state index contributed by atoms with van der Waals surface area (Å²) in [5.74, 6) is 0. The highest BCUT2D eigenvalue weighted by atomic mass is 79.9. The van der Waals surface area contributed by atoms with Gasteiger partial charge in [0.1, 0.15) is 0 Å². The van der Waals surface area contributed by atoms with Crippen LogP contribution in [0.25, 0.3) is 0 Å². The Kier molecular flexibility index (Phi) is 5.79. The standard InChI is InChI=1S/C14H22BrN3O2S/c1-16-10-11-3-6-14(13(15)9-11)21(19,20)17-7-8-18(2)12-4-5-12/h3,6,9,12,16-17H,4-5,7-8,10H2,1-2H3. The topological polar surface area (TPSA) is 61.4 Å². The normalized spacial score (nSPS) is 15.6. The van der Waals surface area contributed by atoms with Gasteiger partial charge in [-0.3, -0.25) is 0 Å². The lowest BCUT2D eigenvalue weighted by atomic mass is 10.2. The van der Waals surface area contributed by atoms with Gasteiger partial charge in [0, 0.05) is 30.1 Å². The van der Waals surface area contributed by atoms with Crippen LogP contribution < -0.4 is 10.0 Å². The molecule has 0 saturated heterocycles. The van der Waals surface area contributed by atoms with Gasteiger partial charge in [-0.25, -0.2) is 13.1 Å². The maximum absolute atomic E-state index is 12.3. The molecule has 21 heavy (non-hydrogen) atoms. The molecule has 0 aromatic heterocycles. The average molecular weight is 376 g/mol. The minimum Gasteiger partial charge on any atom is -0.316 e. The zero-order chi connectivity index (χ0) is 15.5. The summed E-state index contributed by atoms with van der Waals surface area (Å²) < 4.78 is 27.9. The van der Waals surface area contributed by atoms with Crippen molar-refractivity contribution in [2.45, 2.75) is 30.3 Å². The van der Waals surface area contributed by atoms with Crippen molar-refractivity contribution in [3.63, 3.8) is 0 Å². The molecular weight excluding hydrogens is 354 g/mol. The van der Waals surface area contributed by atoms with Crippen LogP contribution in [0.1, 0.15) is 18.4 Å². The Bertz CT molecular complexity index is 588. The van der Waals surface area contributed by atoms with Crippen LogP contribution in [0.4, 0.5) is 0 Å². The van der Waals surface area contributed by atoms with Crippen LogP contribution >= 0.6 is 15.9 Å². The monoisotopic (exact) mass is 375 g/mol. The molecule has 1 aliphatic carbocycles. The molecule has 2 rings (SSSR count). The van der Waals surface area contributed by atoms with Gasteiger partial charge < -0.3 is 10.2 Å². The first-order chi connectivity index (χ1) is 9.94. The van der Waals surface area contributed by atoms with Gasteiger partial charge in [-0.2, -0.15) is 0 Å². The van der Waals surface area contributed by atoms with E-state index in [4.69, 9.17) is 0 Å². The lowest BCUT2D eigenvalue weighted by molar-refractivity contribution is 0.329. The molecule has 0 amide bonds. The summed E-state index contributed by atoms with van der Waals surface area (Å²) in [7, 11) is 0.426. The molecule has 0 bridgehead atoms. The Morgan fingerprint density at radius 1 is 1.38 bits per heavy atom. The van der Waals surface area contributed by atoms with Gasteiger partial charge in [0.25, 0.3) is 0 Å². The van der Waals surface area contributed by atoms with Crippen molar-refractivity contribution >= 4 is 26.0 Å². The first-order valence-corrected chi connectivity index (χ1v) is 9.34. The van der Waals surface area contributed by atoms with Gasteiger partial charge in [0.15, 0.2) is 0 Å². The van der Waals surface area contributed by atoms with E-state index < -0.39 is 10.0 Å². The van der Waals surface area contributed by atoms with Gasteiger partial charge in [0.2, 0.25) is 10.0 Å². The molecule has 1 fully saturated rings. The van der Waals surface area contributed by atoms with E-state index in [0.29, 0.717) is 23.6 Å². The molecule has 0 radical (unpaired) electrons. The fraction of sp³-hybridized carbons (Fsp3) is 0.571. The summed E-state index contributed by atoms with van der Waals surface area (Å²) in [6, 6.07) is 5.94. The van der Waals surface area contributed by atoms with E-state index in [1.807, 2.05) is 26.2 Å². The Labute approximate surface area is 135 Å². The number of hydrogen-bond acceptors (Lipinski definition) is 4. The van der Waals surface area contributed by atoms with Gasteiger partial charge in [-0.05, 0) is 60.6 Å². The van der Waals surface area contributed by atoms with Gasteiger partial charge in [-0.1, -0.05) is 6.07 Å². The maximum atomic E-state index is 12.3. The van der Waals surface area contributed by atoms with Crippen molar-refractivity contribution < 1.29 is 8.42 Å². The van der Waals surface area contributed by atoms with E-state index in [9.17, 15) is 8.42 Å². The molecule has 1 aliphatic rings. The number of sulfonamides is 1. The molecule has 1 saturated carbocycles. The van der Waals surface area contributed by atoms with E-state index >= 15 is 0 Å². The molecule has 1 aromatic rings. The van der Waals surface area contributed by atoms with Gasteiger partial charge >= 0.3 is 0 Å². The smallest absolute Gasteiger partial charge is 0.241 e. The van der Waals surface area contributed by atoms with Crippen molar-refractivity contribution in [2.75, 3.05) is 27.2 Å². The van der Waals surface area contributed by atoms with Crippen molar-refractivity contribution in [2.24, 2.45) is 0 Å². The second kappa shape index (κ2) is 7.19. The molecule has 5 nitrogen and oxygen atoms in total. The third-order valence-corrected chi connectivity index (χ3v) is 6.03. The zero-order valence-corrected chi connectivity index (χ0v) is 14.8. The molecule has 118 valence electrons. The zero-order valence-electron chi connectivity index (χ0n) is 12.4. The fourth-order valence-electron chi connectivity index (χ4n) is 2.21. The fourth-order valence-corrected chi connectivity index (χ4v) is 4.35. The first kappa shape index (κ1) is 16.9. The largest absolute Gasteiger partial charge is 0.316 e. The van der Waals surface area contributed by atoms with Crippen molar-refractivity contribution in [3.8, 4) is 0 Å². The van der Waals surface area contributed by atoms with E-state index in [0.717, 1.165) is 12.1 Å². The second-order valence-corrected chi connectivity index (χ2v) is 7.99. The van der Waals surface area contributed by atoms with Crippen LogP contribution in [0.15, 0.2) is 27.6 Å². The third kappa shape index (κ3) is 4.75. The molecule has 0 aliphatic heterocycles. The van der Waals surface area contributed by atoms with E-state index in [1.54, 1.807) is 6.07 Å². The summed E-state index contributed by atoms with van der Waals surface area (Å²) in [6.07, 6.45) is 2.45. The molecule has 0 heterocycles. The minimum atomic E-state index is -3.47. The number of halogens is 1. The quantitative estimate of drug-likeness (QED) is 0.723. The molecule has 2 N–H and O–H groups in total. The van der Waals surface area contributed by atoms with Crippen LogP contribution in [0, 0.1) is 0 Å². The Hall–Kier alpha value is -0.470. The lowest BCUT2D eigenvalue weighted by Gasteiger charge is -2.16. The van der Waals surface area contributed by atoms with Crippen molar-refractivity contribution in [1.82, 2.24) is 14.9 Å². The number of nitrogens with zero attached hydrogens (tertiary/aromatic N) is 1. The number of hydrogen-bond donors (Lipinski definition) is 2. The van der Waals surface area contributed by atoms with E-state index in [-0.39, 0.29) is 4.90 Å². The summed E-state index contributed by atoms with van der Waals surface area (Å²) >= 11 is 3.35. The molecule has 1 aromatic carbocycles. The molecule has 0 atom stereocenters. The minimum absolute atomic E-state index is 0.288. The number of likely N-dealkylation sites (N-methyl/N-ethyl adjacent to an activating group) is 1. The number of nitrogens with one attached hydrogen (secondary N) is 2. The Balaban J connectivity index is 1.97. The summed E-state index contributed by atoms with van der Waals surface area (Å²) in [5, 5.41) is 3.04. The van der Waals surface area contributed by atoms with Gasteiger partial charge in [-0.15, -0.1) is 0 Å². The SMILES string of the molecule is CNCc1ccc(S(=O)(=O)NCCN(C)C2CC2)c(Br)c1.